The number of unbranched alkanes of at least 4 members (excludes halogenated alkanes) is 1. The Morgan fingerprint density at radius 1 is 1.38 bits per heavy atom. The van der Waals surface area contributed by atoms with Gasteiger partial charge in [0.05, 0.1) is 0 Å². The van der Waals surface area contributed by atoms with Crippen LogP contribution in [-0.2, 0) is 17.6 Å². The highest BCUT2D eigenvalue weighted by atomic mass is 16.2. The number of anilines is 1. The first kappa shape index (κ1) is 11.2. The van der Waals surface area contributed by atoms with Crippen LogP contribution in [0.3, 0.4) is 0 Å². The van der Waals surface area contributed by atoms with E-state index in [9.17, 15) is 4.79 Å². The van der Waals surface area contributed by atoms with Gasteiger partial charge in [-0.05, 0) is 36.5 Å². The summed E-state index contributed by atoms with van der Waals surface area (Å²) in [4.78, 5) is 13.3. The molecule has 2 rings (SSSR count). The standard InChI is InChI=1S/C14H18NO/c1-3-4-5-11-6-8-13-12(10-11)7-9-14(16)15(13)2/h6,8,10H,1,3-5,7,9H2,2H3. The van der Waals surface area contributed by atoms with Crippen molar-refractivity contribution >= 4 is 11.6 Å². The topological polar surface area (TPSA) is 20.3 Å². The van der Waals surface area contributed by atoms with E-state index in [1.165, 1.54) is 11.1 Å². The quantitative estimate of drug-likeness (QED) is 0.760. The lowest BCUT2D eigenvalue weighted by molar-refractivity contribution is -0.118. The number of aryl methyl sites for hydroxylation is 2. The molecule has 0 aliphatic carbocycles. The van der Waals surface area contributed by atoms with Crippen LogP contribution in [-0.4, -0.2) is 13.0 Å². The molecule has 0 bridgehead atoms. The SMILES string of the molecule is [CH2]CCCc1ccc2c(c1)CCC(=O)N2C. The maximum Gasteiger partial charge on any atom is 0.227 e. The van der Waals surface area contributed by atoms with Crippen LogP contribution in [0.25, 0.3) is 0 Å². The molecule has 2 heteroatoms. The predicted octanol–water partition coefficient (Wildman–Crippen LogP) is 2.75. The van der Waals surface area contributed by atoms with Crippen molar-refractivity contribution in [1.29, 1.82) is 0 Å². The van der Waals surface area contributed by atoms with Gasteiger partial charge in [-0.1, -0.05) is 25.5 Å². The molecule has 1 aliphatic rings. The van der Waals surface area contributed by atoms with Crippen LogP contribution < -0.4 is 4.90 Å². The molecule has 1 radical (unpaired) electrons. The first-order valence-electron chi connectivity index (χ1n) is 5.90. The van der Waals surface area contributed by atoms with Crippen LogP contribution in [0.4, 0.5) is 5.69 Å². The van der Waals surface area contributed by atoms with Gasteiger partial charge in [0, 0.05) is 19.2 Å². The Kier molecular flexibility index (Phi) is 3.28. The van der Waals surface area contributed by atoms with Gasteiger partial charge in [-0.3, -0.25) is 4.79 Å². The molecule has 85 valence electrons. The number of fused-ring (bicyclic) bond motifs is 1. The Hall–Kier alpha value is -1.31. The zero-order chi connectivity index (χ0) is 11.5. The molecule has 1 aromatic carbocycles. The first-order chi connectivity index (χ1) is 7.72. The van der Waals surface area contributed by atoms with Gasteiger partial charge in [-0.15, -0.1) is 0 Å². The van der Waals surface area contributed by atoms with Gasteiger partial charge < -0.3 is 4.90 Å². The van der Waals surface area contributed by atoms with E-state index < -0.39 is 0 Å². The van der Waals surface area contributed by atoms with Crippen molar-refractivity contribution in [2.45, 2.75) is 32.1 Å². The average molecular weight is 216 g/mol. The van der Waals surface area contributed by atoms with Crippen LogP contribution in [0, 0.1) is 6.92 Å². The Morgan fingerprint density at radius 3 is 2.94 bits per heavy atom. The number of amides is 1. The van der Waals surface area contributed by atoms with E-state index in [2.05, 4.69) is 25.1 Å². The third kappa shape index (κ3) is 2.11. The van der Waals surface area contributed by atoms with Crippen molar-refractivity contribution < 1.29 is 4.79 Å². The molecule has 0 aromatic heterocycles. The summed E-state index contributed by atoms with van der Waals surface area (Å²) in [6.07, 6.45) is 4.73. The van der Waals surface area contributed by atoms with Gasteiger partial charge in [0.1, 0.15) is 0 Å². The van der Waals surface area contributed by atoms with Crippen LogP contribution in [0.15, 0.2) is 18.2 Å². The molecule has 1 heterocycles. The smallest absolute Gasteiger partial charge is 0.227 e. The monoisotopic (exact) mass is 216 g/mol. The van der Waals surface area contributed by atoms with Crippen molar-refractivity contribution in [3.63, 3.8) is 0 Å². The third-order valence-electron chi connectivity index (χ3n) is 3.20. The molecular weight excluding hydrogens is 198 g/mol. The van der Waals surface area contributed by atoms with Gasteiger partial charge in [-0.2, -0.15) is 0 Å². The van der Waals surface area contributed by atoms with Crippen molar-refractivity contribution in [3.05, 3.63) is 36.2 Å². The van der Waals surface area contributed by atoms with E-state index in [4.69, 9.17) is 0 Å². The normalized spacial score (nSPS) is 15.1. The maximum absolute atomic E-state index is 11.5. The zero-order valence-corrected chi connectivity index (χ0v) is 9.83. The fourth-order valence-electron chi connectivity index (χ4n) is 2.19. The number of hydrogen-bond acceptors (Lipinski definition) is 1. The molecule has 1 amide bonds. The van der Waals surface area contributed by atoms with E-state index in [0.29, 0.717) is 6.42 Å². The fraction of sp³-hybridized carbons (Fsp3) is 0.429. The number of carbonyl (C=O) groups excluding carboxylic acids is 1. The molecule has 0 spiro atoms. The second-order valence-electron chi connectivity index (χ2n) is 4.37. The van der Waals surface area contributed by atoms with Gasteiger partial charge in [-0.25, -0.2) is 0 Å². The summed E-state index contributed by atoms with van der Waals surface area (Å²) in [7, 11) is 1.86. The van der Waals surface area contributed by atoms with Crippen molar-refractivity contribution in [2.75, 3.05) is 11.9 Å². The molecule has 0 atom stereocenters. The maximum atomic E-state index is 11.5. The highest BCUT2D eigenvalue weighted by Crippen LogP contribution is 2.27. The number of carbonyl (C=O) groups is 1. The molecule has 0 N–H and O–H groups in total. The Balaban J connectivity index is 2.23. The molecule has 0 saturated heterocycles. The van der Waals surface area contributed by atoms with Crippen LogP contribution in [0.1, 0.15) is 30.4 Å². The predicted molar refractivity (Wildman–Crippen MR) is 66.5 cm³/mol. The van der Waals surface area contributed by atoms with Gasteiger partial charge >= 0.3 is 0 Å². The molecule has 2 nitrogen and oxygen atoms in total. The lowest BCUT2D eigenvalue weighted by Crippen LogP contribution is -2.31. The molecular formula is C14H18NO. The largest absolute Gasteiger partial charge is 0.315 e. The van der Waals surface area contributed by atoms with E-state index in [0.717, 1.165) is 31.4 Å². The summed E-state index contributed by atoms with van der Waals surface area (Å²) >= 11 is 0. The zero-order valence-electron chi connectivity index (χ0n) is 9.83. The summed E-state index contributed by atoms with van der Waals surface area (Å²) in [5.41, 5.74) is 3.75. The minimum absolute atomic E-state index is 0.220. The summed E-state index contributed by atoms with van der Waals surface area (Å²) < 4.78 is 0. The third-order valence-corrected chi connectivity index (χ3v) is 3.20. The van der Waals surface area contributed by atoms with Crippen LogP contribution in [0.2, 0.25) is 0 Å². The molecule has 1 aromatic rings. The van der Waals surface area contributed by atoms with Crippen molar-refractivity contribution in [2.24, 2.45) is 0 Å². The van der Waals surface area contributed by atoms with Crippen molar-refractivity contribution in [1.82, 2.24) is 0 Å². The van der Waals surface area contributed by atoms with Crippen LogP contribution >= 0.6 is 0 Å². The lowest BCUT2D eigenvalue weighted by Gasteiger charge is -2.26. The Morgan fingerprint density at radius 2 is 2.19 bits per heavy atom. The fourth-order valence-corrected chi connectivity index (χ4v) is 2.19. The average Bonchev–Trinajstić information content (AvgIpc) is 2.31. The number of rotatable bonds is 3. The lowest BCUT2D eigenvalue weighted by atomic mass is 9.97. The molecule has 1 aliphatic heterocycles. The van der Waals surface area contributed by atoms with Gasteiger partial charge in [0.2, 0.25) is 5.91 Å². The first-order valence-corrected chi connectivity index (χ1v) is 5.90. The highest BCUT2D eigenvalue weighted by Gasteiger charge is 2.20. The second kappa shape index (κ2) is 4.69. The Labute approximate surface area is 97.3 Å². The van der Waals surface area contributed by atoms with E-state index in [1.807, 2.05) is 7.05 Å². The van der Waals surface area contributed by atoms with Crippen molar-refractivity contribution in [3.8, 4) is 0 Å². The van der Waals surface area contributed by atoms with E-state index >= 15 is 0 Å². The Bertz CT molecular complexity index is 398. The minimum Gasteiger partial charge on any atom is -0.315 e. The molecule has 0 fully saturated rings. The van der Waals surface area contributed by atoms with E-state index in [-0.39, 0.29) is 5.91 Å². The minimum atomic E-state index is 0.220. The summed E-state index contributed by atoms with van der Waals surface area (Å²) in [6, 6.07) is 6.45. The molecule has 0 unspecified atom stereocenters. The number of benzene rings is 1. The second-order valence-corrected chi connectivity index (χ2v) is 4.37. The van der Waals surface area contributed by atoms with E-state index in [1.54, 1.807) is 4.90 Å². The number of nitrogens with zero attached hydrogens (tertiary/aromatic N) is 1. The number of hydrogen-bond donors (Lipinski definition) is 0. The summed E-state index contributed by atoms with van der Waals surface area (Å²) in [6.45, 7) is 3.86. The summed E-state index contributed by atoms with van der Waals surface area (Å²) in [5, 5.41) is 0. The van der Waals surface area contributed by atoms with Gasteiger partial charge in [0.15, 0.2) is 0 Å². The molecule has 16 heavy (non-hydrogen) atoms. The van der Waals surface area contributed by atoms with Crippen LogP contribution in [0.5, 0.6) is 0 Å². The highest BCUT2D eigenvalue weighted by molar-refractivity contribution is 5.95. The summed E-state index contributed by atoms with van der Waals surface area (Å²) in [5.74, 6) is 0.220. The molecule has 0 saturated carbocycles. The van der Waals surface area contributed by atoms with Gasteiger partial charge in [0.25, 0.3) is 0 Å².